The molecule has 1 spiro atoms. The lowest BCUT2D eigenvalue weighted by atomic mass is 10.0. The van der Waals surface area contributed by atoms with Crippen molar-refractivity contribution >= 4 is 0 Å². The zero-order valence-electron chi connectivity index (χ0n) is 6.67. The highest BCUT2D eigenvalue weighted by molar-refractivity contribution is 5.39. The van der Waals surface area contributed by atoms with Crippen LogP contribution in [0.3, 0.4) is 0 Å². The molecular formula is C10H14. The number of hydrogen-bond donors (Lipinski definition) is 0. The Bertz CT molecular complexity index is 210. The van der Waals surface area contributed by atoms with Crippen LogP contribution in [-0.4, -0.2) is 0 Å². The fourth-order valence-electron chi connectivity index (χ4n) is 3.79. The first kappa shape index (κ1) is 5.40. The summed E-state index contributed by atoms with van der Waals surface area (Å²) in [7, 11) is 0. The molecule has 0 nitrogen and oxygen atoms in total. The van der Waals surface area contributed by atoms with Gasteiger partial charge in [-0.25, -0.2) is 0 Å². The predicted molar refractivity (Wildman–Crippen MR) is 41.5 cm³/mol. The zero-order chi connectivity index (χ0) is 6.93. The molecule has 0 aromatic carbocycles. The molecule has 0 amide bonds. The molecule has 3 saturated carbocycles. The average Bonchev–Trinajstić information content (AvgIpc) is 2.48. The third-order valence-electron chi connectivity index (χ3n) is 4.38. The minimum atomic E-state index is 0.895. The van der Waals surface area contributed by atoms with Crippen molar-refractivity contribution in [1.29, 1.82) is 0 Å². The molecule has 0 saturated heterocycles. The van der Waals surface area contributed by atoms with E-state index in [1.807, 2.05) is 0 Å². The summed E-state index contributed by atoms with van der Waals surface area (Å²) in [5.74, 6) is 4.37. The molecule has 0 bridgehead atoms. The summed E-state index contributed by atoms with van der Waals surface area (Å²) in [6.45, 7) is 4.59. The Balaban J connectivity index is 1.87. The normalized spacial score (nSPS) is 68.6. The first-order chi connectivity index (χ1) is 4.83. The largest absolute Gasteiger partial charge is 0.0914 e. The second-order valence-corrected chi connectivity index (χ2v) is 4.29. The van der Waals surface area contributed by atoms with Crippen LogP contribution < -0.4 is 0 Å². The Morgan fingerprint density at radius 1 is 1.40 bits per heavy atom. The van der Waals surface area contributed by atoms with E-state index in [2.05, 4.69) is 26.0 Å². The summed E-state index contributed by atoms with van der Waals surface area (Å²) in [6, 6.07) is 0. The molecule has 0 aliphatic heterocycles. The van der Waals surface area contributed by atoms with Crippen molar-refractivity contribution in [3.05, 3.63) is 12.2 Å². The second kappa shape index (κ2) is 1.22. The average molecular weight is 134 g/mol. The lowest BCUT2D eigenvalue weighted by molar-refractivity contribution is 0.451. The third-order valence-corrected chi connectivity index (χ3v) is 4.38. The van der Waals surface area contributed by atoms with Gasteiger partial charge in [0.1, 0.15) is 0 Å². The molecule has 0 radical (unpaired) electrons. The highest BCUT2D eigenvalue weighted by Crippen LogP contribution is 2.93. The van der Waals surface area contributed by atoms with Gasteiger partial charge in [-0.15, -0.1) is 0 Å². The molecule has 3 fully saturated rings. The molecule has 0 aromatic heterocycles. The number of hydrogen-bond acceptors (Lipinski definition) is 0. The second-order valence-electron chi connectivity index (χ2n) is 4.29. The smallest absolute Gasteiger partial charge is 0.0134 e. The fourth-order valence-corrected chi connectivity index (χ4v) is 3.79. The van der Waals surface area contributed by atoms with Crippen molar-refractivity contribution in [3.63, 3.8) is 0 Å². The van der Waals surface area contributed by atoms with Crippen LogP contribution in [0.5, 0.6) is 0 Å². The van der Waals surface area contributed by atoms with E-state index in [4.69, 9.17) is 0 Å². The Kier molecular flexibility index (Phi) is 0.657. The van der Waals surface area contributed by atoms with Crippen LogP contribution in [0.1, 0.15) is 20.3 Å². The first-order valence-electron chi connectivity index (χ1n) is 4.46. The molecule has 0 heteroatoms. The van der Waals surface area contributed by atoms with Crippen LogP contribution in [0.25, 0.3) is 0 Å². The number of rotatable bonds is 1. The van der Waals surface area contributed by atoms with E-state index in [1.54, 1.807) is 6.42 Å². The Morgan fingerprint density at radius 2 is 2.20 bits per heavy atom. The van der Waals surface area contributed by atoms with Crippen molar-refractivity contribution in [2.45, 2.75) is 20.3 Å². The first-order valence-corrected chi connectivity index (χ1v) is 4.46. The molecule has 0 aromatic rings. The van der Waals surface area contributed by atoms with E-state index in [1.165, 1.54) is 0 Å². The van der Waals surface area contributed by atoms with Crippen LogP contribution in [0.2, 0.25) is 0 Å². The SMILES string of the molecule is CC=CC1C2CC3C(C)C132. The maximum atomic E-state index is 2.44. The summed E-state index contributed by atoms with van der Waals surface area (Å²) < 4.78 is 0. The molecule has 0 N–H and O–H groups in total. The molecule has 3 aliphatic rings. The summed E-state index contributed by atoms with van der Waals surface area (Å²) >= 11 is 0. The minimum Gasteiger partial charge on any atom is -0.0914 e. The Labute approximate surface area is 62.3 Å². The van der Waals surface area contributed by atoms with Gasteiger partial charge in [0, 0.05) is 0 Å². The van der Waals surface area contributed by atoms with Crippen LogP contribution in [-0.2, 0) is 0 Å². The predicted octanol–water partition coefficient (Wildman–Crippen LogP) is 2.46. The van der Waals surface area contributed by atoms with Gasteiger partial charge < -0.3 is 0 Å². The lowest BCUT2D eigenvalue weighted by Gasteiger charge is -2.03. The molecule has 5 atom stereocenters. The van der Waals surface area contributed by atoms with Crippen molar-refractivity contribution in [2.75, 3.05) is 0 Å². The van der Waals surface area contributed by atoms with Crippen molar-refractivity contribution in [1.82, 2.24) is 0 Å². The fraction of sp³-hybridized carbons (Fsp3) is 0.800. The van der Waals surface area contributed by atoms with Crippen LogP contribution in [0.15, 0.2) is 12.2 Å². The van der Waals surface area contributed by atoms with E-state index >= 15 is 0 Å². The van der Waals surface area contributed by atoms with Crippen molar-refractivity contribution in [3.8, 4) is 0 Å². The van der Waals surface area contributed by atoms with Crippen molar-refractivity contribution < 1.29 is 0 Å². The monoisotopic (exact) mass is 134 g/mol. The van der Waals surface area contributed by atoms with Gasteiger partial charge in [0.2, 0.25) is 0 Å². The highest BCUT2D eigenvalue weighted by Gasteiger charge is 2.88. The molecule has 10 heavy (non-hydrogen) atoms. The maximum Gasteiger partial charge on any atom is -0.0134 e. The van der Waals surface area contributed by atoms with E-state index in [-0.39, 0.29) is 0 Å². The highest BCUT2D eigenvalue weighted by atomic mass is 14.9. The zero-order valence-corrected chi connectivity index (χ0v) is 6.67. The quantitative estimate of drug-likeness (QED) is 0.483. The van der Waals surface area contributed by atoms with Crippen LogP contribution in [0, 0.1) is 29.1 Å². The van der Waals surface area contributed by atoms with Gasteiger partial charge in [-0.05, 0) is 42.4 Å². The topological polar surface area (TPSA) is 0 Å². The Hall–Kier alpha value is -0.260. The maximum absolute atomic E-state index is 2.44. The standard InChI is InChI=1S/C10H14/c1-3-4-7-9-5-8-6(2)10(7,8)9/h3-4,6-9H,5H2,1-2H3. The third kappa shape index (κ3) is 0.291. The van der Waals surface area contributed by atoms with Gasteiger partial charge >= 0.3 is 0 Å². The van der Waals surface area contributed by atoms with Crippen molar-refractivity contribution in [2.24, 2.45) is 29.1 Å². The van der Waals surface area contributed by atoms with Crippen LogP contribution >= 0.6 is 0 Å². The summed E-state index contributed by atoms with van der Waals surface area (Å²) in [4.78, 5) is 0. The van der Waals surface area contributed by atoms with Crippen LogP contribution in [0.4, 0.5) is 0 Å². The van der Waals surface area contributed by atoms with Gasteiger partial charge in [-0.2, -0.15) is 0 Å². The molecule has 3 aliphatic carbocycles. The summed E-state index contributed by atoms with van der Waals surface area (Å²) in [5, 5.41) is 0. The molecular weight excluding hydrogens is 120 g/mol. The van der Waals surface area contributed by atoms with Gasteiger partial charge in [-0.3, -0.25) is 0 Å². The molecule has 0 heterocycles. The lowest BCUT2D eigenvalue weighted by Crippen LogP contribution is -1.96. The van der Waals surface area contributed by atoms with E-state index < -0.39 is 0 Å². The summed E-state index contributed by atoms with van der Waals surface area (Å²) in [6.07, 6.45) is 6.23. The van der Waals surface area contributed by atoms with Gasteiger partial charge in [-0.1, -0.05) is 19.1 Å². The van der Waals surface area contributed by atoms with Gasteiger partial charge in [0.25, 0.3) is 0 Å². The van der Waals surface area contributed by atoms with E-state index in [0.29, 0.717) is 0 Å². The molecule has 5 unspecified atom stereocenters. The molecule has 3 rings (SSSR count). The Morgan fingerprint density at radius 3 is 2.50 bits per heavy atom. The van der Waals surface area contributed by atoms with E-state index in [9.17, 15) is 0 Å². The van der Waals surface area contributed by atoms with Gasteiger partial charge in [0.15, 0.2) is 0 Å². The number of allylic oxidation sites excluding steroid dienone is 2. The van der Waals surface area contributed by atoms with E-state index in [0.717, 1.165) is 29.1 Å². The summed E-state index contributed by atoms with van der Waals surface area (Å²) in [5.41, 5.74) is 0.895. The van der Waals surface area contributed by atoms with Gasteiger partial charge in [0.05, 0.1) is 0 Å². The minimum absolute atomic E-state index is 0.895. The molecule has 54 valence electrons.